The van der Waals surface area contributed by atoms with E-state index in [2.05, 4.69) is 0 Å². The first-order chi connectivity index (χ1) is 9.14. The van der Waals surface area contributed by atoms with Gasteiger partial charge in [0.05, 0.1) is 16.8 Å². The lowest BCUT2D eigenvalue weighted by molar-refractivity contribution is -0.136. The molecule has 1 heterocycles. The number of amides is 1. The molecule has 2 rings (SSSR count). The highest BCUT2D eigenvalue weighted by atomic mass is 19.4. The number of hydrogen-bond acceptors (Lipinski definition) is 2. The van der Waals surface area contributed by atoms with Crippen LogP contribution < -0.4 is 5.73 Å². The molecule has 2 N–H and O–H groups in total. The molecule has 0 aliphatic carbocycles. The van der Waals surface area contributed by atoms with E-state index >= 15 is 0 Å². The number of halogens is 3. The Labute approximate surface area is 115 Å². The van der Waals surface area contributed by atoms with Gasteiger partial charge in [-0.2, -0.15) is 13.2 Å². The second-order valence-corrected chi connectivity index (χ2v) is 5.64. The SMILES string of the molecule is CC1(C)CCCN1C(=O)c1cccc(C(F)(F)F)c1N. The maximum absolute atomic E-state index is 12.8. The van der Waals surface area contributed by atoms with Crippen LogP contribution in [0.25, 0.3) is 0 Å². The summed E-state index contributed by atoms with van der Waals surface area (Å²) in [6.07, 6.45) is -2.88. The fraction of sp³-hybridized carbons (Fsp3) is 0.500. The predicted octanol–water partition coefficient (Wildman–Crippen LogP) is 3.30. The van der Waals surface area contributed by atoms with Crippen LogP contribution in [0.3, 0.4) is 0 Å². The van der Waals surface area contributed by atoms with E-state index in [0.29, 0.717) is 6.54 Å². The minimum absolute atomic E-state index is 0.0743. The number of anilines is 1. The van der Waals surface area contributed by atoms with Gasteiger partial charge in [0.25, 0.3) is 5.91 Å². The fourth-order valence-corrected chi connectivity index (χ4v) is 2.63. The van der Waals surface area contributed by atoms with Crippen molar-refractivity contribution in [3.8, 4) is 0 Å². The average molecular weight is 286 g/mol. The standard InChI is InChI=1S/C14H17F3N2O/c1-13(2)7-4-8-19(13)12(20)9-5-3-6-10(11(9)18)14(15,16)17/h3,5-6H,4,7-8,18H2,1-2H3. The van der Waals surface area contributed by atoms with Crippen LogP contribution >= 0.6 is 0 Å². The number of benzene rings is 1. The fourth-order valence-electron chi connectivity index (χ4n) is 2.63. The maximum atomic E-state index is 12.8. The van der Waals surface area contributed by atoms with Gasteiger partial charge in [0.2, 0.25) is 0 Å². The number of carbonyl (C=O) groups is 1. The molecule has 1 aliphatic rings. The van der Waals surface area contributed by atoms with Crippen molar-refractivity contribution in [1.82, 2.24) is 4.90 Å². The lowest BCUT2D eigenvalue weighted by Gasteiger charge is -2.32. The molecule has 1 amide bonds. The first-order valence-corrected chi connectivity index (χ1v) is 6.42. The Bertz CT molecular complexity index is 538. The van der Waals surface area contributed by atoms with Crippen LogP contribution in [0.1, 0.15) is 42.6 Å². The lowest BCUT2D eigenvalue weighted by atomic mass is 10.00. The summed E-state index contributed by atoms with van der Waals surface area (Å²) in [7, 11) is 0. The molecule has 1 fully saturated rings. The average Bonchev–Trinajstić information content (AvgIpc) is 2.67. The molecule has 0 unspecified atom stereocenters. The minimum Gasteiger partial charge on any atom is -0.398 e. The summed E-state index contributed by atoms with van der Waals surface area (Å²) in [5, 5.41) is 0. The first kappa shape index (κ1) is 14.7. The summed E-state index contributed by atoms with van der Waals surface area (Å²) in [6.45, 7) is 4.35. The van der Waals surface area contributed by atoms with E-state index in [4.69, 9.17) is 5.73 Å². The van der Waals surface area contributed by atoms with Gasteiger partial charge in [-0.15, -0.1) is 0 Å². The molecule has 1 aromatic carbocycles. The van der Waals surface area contributed by atoms with Gasteiger partial charge < -0.3 is 10.6 Å². The van der Waals surface area contributed by atoms with E-state index in [1.165, 1.54) is 12.1 Å². The predicted molar refractivity (Wildman–Crippen MR) is 70.2 cm³/mol. The lowest BCUT2D eigenvalue weighted by Crippen LogP contribution is -2.43. The Hall–Kier alpha value is -1.72. The number of nitrogens with zero attached hydrogens (tertiary/aromatic N) is 1. The molecule has 0 radical (unpaired) electrons. The van der Waals surface area contributed by atoms with Crippen molar-refractivity contribution in [2.24, 2.45) is 0 Å². The van der Waals surface area contributed by atoms with Crippen molar-refractivity contribution < 1.29 is 18.0 Å². The van der Waals surface area contributed by atoms with E-state index in [-0.39, 0.29) is 11.1 Å². The zero-order chi connectivity index (χ0) is 15.1. The van der Waals surface area contributed by atoms with Gasteiger partial charge in [0.1, 0.15) is 0 Å². The summed E-state index contributed by atoms with van der Waals surface area (Å²) in [5.74, 6) is -0.434. The number of nitrogens with two attached hydrogens (primary N) is 1. The second kappa shape index (κ2) is 4.68. The number of para-hydroxylation sites is 1. The third kappa shape index (κ3) is 2.46. The number of rotatable bonds is 1. The molecule has 1 aromatic rings. The van der Waals surface area contributed by atoms with Gasteiger partial charge in [0.15, 0.2) is 0 Å². The first-order valence-electron chi connectivity index (χ1n) is 6.42. The zero-order valence-electron chi connectivity index (χ0n) is 11.4. The molecule has 0 atom stereocenters. The van der Waals surface area contributed by atoms with Crippen LogP contribution in [0.2, 0.25) is 0 Å². The van der Waals surface area contributed by atoms with Crippen molar-refractivity contribution in [1.29, 1.82) is 0 Å². The van der Waals surface area contributed by atoms with E-state index in [1.807, 2.05) is 13.8 Å². The molecule has 1 aliphatic heterocycles. The molecule has 1 saturated heterocycles. The Morgan fingerprint density at radius 1 is 1.35 bits per heavy atom. The second-order valence-electron chi connectivity index (χ2n) is 5.64. The topological polar surface area (TPSA) is 46.3 Å². The molecule has 0 bridgehead atoms. The van der Waals surface area contributed by atoms with E-state index in [0.717, 1.165) is 18.9 Å². The van der Waals surface area contributed by atoms with Gasteiger partial charge >= 0.3 is 6.18 Å². The Morgan fingerprint density at radius 3 is 2.50 bits per heavy atom. The van der Waals surface area contributed by atoms with Crippen molar-refractivity contribution in [3.63, 3.8) is 0 Å². The third-order valence-electron chi connectivity index (χ3n) is 3.79. The zero-order valence-corrected chi connectivity index (χ0v) is 11.4. The number of alkyl halides is 3. The van der Waals surface area contributed by atoms with Crippen molar-refractivity contribution >= 4 is 11.6 Å². The molecule has 110 valence electrons. The van der Waals surface area contributed by atoms with Gasteiger partial charge in [-0.25, -0.2) is 0 Å². The molecule has 0 aromatic heterocycles. The summed E-state index contributed by atoms with van der Waals surface area (Å²) < 4.78 is 38.4. The van der Waals surface area contributed by atoms with Crippen LogP contribution in [0.4, 0.5) is 18.9 Å². The Balaban J connectivity index is 2.41. The van der Waals surface area contributed by atoms with Crippen LogP contribution in [0, 0.1) is 0 Å². The van der Waals surface area contributed by atoms with Crippen molar-refractivity contribution in [2.75, 3.05) is 12.3 Å². The van der Waals surface area contributed by atoms with E-state index in [9.17, 15) is 18.0 Å². The smallest absolute Gasteiger partial charge is 0.398 e. The number of carbonyl (C=O) groups excluding carboxylic acids is 1. The summed E-state index contributed by atoms with van der Waals surface area (Å²) in [4.78, 5) is 14.0. The highest BCUT2D eigenvalue weighted by molar-refractivity contribution is 6.00. The number of hydrogen-bond donors (Lipinski definition) is 1. The molecular formula is C14H17F3N2O. The van der Waals surface area contributed by atoms with Crippen molar-refractivity contribution in [3.05, 3.63) is 29.3 Å². The molecule has 6 heteroatoms. The minimum atomic E-state index is -4.55. The van der Waals surface area contributed by atoms with Crippen LogP contribution in [0.5, 0.6) is 0 Å². The summed E-state index contributed by atoms with van der Waals surface area (Å²) in [6, 6.07) is 3.46. The van der Waals surface area contributed by atoms with E-state index in [1.54, 1.807) is 4.90 Å². The maximum Gasteiger partial charge on any atom is 0.418 e. The molecular weight excluding hydrogens is 269 g/mol. The highest BCUT2D eigenvalue weighted by Gasteiger charge is 2.39. The molecule has 3 nitrogen and oxygen atoms in total. The van der Waals surface area contributed by atoms with Gasteiger partial charge in [-0.3, -0.25) is 4.79 Å². The van der Waals surface area contributed by atoms with E-state index < -0.39 is 23.3 Å². The summed E-state index contributed by atoms with van der Waals surface area (Å²) in [5.41, 5.74) is 3.68. The third-order valence-corrected chi connectivity index (χ3v) is 3.79. The largest absolute Gasteiger partial charge is 0.418 e. The highest BCUT2D eigenvalue weighted by Crippen LogP contribution is 2.37. The Kier molecular flexibility index (Phi) is 3.44. The number of likely N-dealkylation sites (tertiary alicyclic amines) is 1. The monoisotopic (exact) mass is 286 g/mol. The summed E-state index contributed by atoms with van der Waals surface area (Å²) >= 11 is 0. The molecule has 0 spiro atoms. The van der Waals surface area contributed by atoms with Crippen molar-refractivity contribution in [2.45, 2.75) is 38.4 Å². The van der Waals surface area contributed by atoms with Gasteiger partial charge in [0, 0.05) is 12.1 Å². The molecule has 20 heavy (non-hydrogen) atoms. The quantitative estimate of drug-likeness (QED) is 0.805. The van der Waals surface area contributed by atoms with Crippen LogP contribution in [-0.4, -0.2) is 22.9 Å². The number of nitrogen functional groups attached to an aromatic ring is 1. The van der Waals surface area contributed by atoms with Gasteiger partial charge in [-0.1, -0.05) is 6.07 Å². The van der Waals surface area contributed by atoms with Crippen LogP contribution in [0.15, 0.2) is 18.2 Å². The Morgan fingerprint density at radius 2 is 2.00 bits per heavy atom. The van der Waals surface area contributed by atoms with Crippen LogP contribution in [-0.2, 0) is 6.18 Å². The normalized spacial score (nSPS) is 18.4. The van der Waals surface area contributed by atoms with Gasteiger partial charge in [-0.05, 0) is 38.8 Å². The molecule has 0 saturated carbocycles.